The van der Waals surface area contributed by atoms with Crippen molar-refractivity contribution in [2.75, 3.05) is 33.3 Å². The molecule has 0 saturated heterocycles. The predicted molar refractivity (Wildman–Crippen MR) is 73.6 cm³/mol. The first-order valence-electron chi connectivity index (χ1n) is 7.23. The monoisotopic (exact) mass is 256 g/mol. The Kier molecular flexibility index (Phi) is 6.09. The van der Waals surface area contributed by atoms with Gasteiger partial charge in [-0.3, -0.25) is 0 Å². The summed E-state index contributed by atoms with van der Waals surface area (Å²) in [4.78, 5) is 14.7. The van der Waals surface area contributed by atoms with Crippen molar-refractivity contribution in [1.82, 2.24) is 10.2 Å². The Balaban J connectivity index is 2.78. The Morgan fingerprint density at radius 3 is 2.44 bits per heavy atom. The van der Waals surface area contributed by atoms with E-state index >= 15 is 0 Å². The Morgan fingerprint density at radius 1 is 1.39 bits per heavy atom. The zero-order valence-electron chi connectivity index (χ0n) is 12.3. The molecular formula is C14H28N2O2. The van der Waals surface area contributed by atoms with Crippen molar-refractivity contribution in [2.45, 2.75) is 45.6 Å². The lowest BCUT2D eigenvalue weighted by Gasteiger charge is -2.36. The summed E-state index contributed by atoms with van der Waals surface area (Å²) in [6, 6.07) is 0. The Bertz CT molecular complexity index is 267. The van der Waals surface area contributed by atoms with Crippen LogP contribution in [0.1, 0.15) is 40.0 Å². The average Bonchev–Trinajstić information content (AvgIpc) is 3.19. The van der Waals surface area contributed by atoms with Crippen LogP contribution >= 0.6 is 0 Å². The van der Waals surface area contributed by atoms with Crippen LogP contribution in [-0.2, 0) is 9.53 Å². The first-order chi connectivity index (χ1) is 8.64. The molecule has 0 spiro atoms. The first kappa shape index (κ1) is 15.4. The number of ether oxygens (including phenoxy) is 1. The van der Waals surface area contributed by atoms with Gasteiger partial charge in [0.05, 0.1) is 6.61 Å². The molecule has 1 unspecified atom stereocenters. The van der Waals surface area contributed by atoms with E-state index in [1.54, 1.807) is 0 Å². The van der Waals surface area contributed by atoms with Crippen LogP contribution in [0.25, 0.3) is 0 Å². The molecular weight excluding hydrogens is 228 g/mol. The summed E-state index contributed by atoms with van der Waals surface area (Å²) in [5.41, 5.74) is -0.499. The van der Waals surface area contributed by atoms with Crippen LogP contribution in [0.2, 0.25) is 0 Å². The molecule has 1 N–H and O–H groups in total. The molecule has 0 aliphatic heterocycles. The number of rotatable bonds is 9. The van der Waals surface area contributed by atoms with Crippen molar-refractivity contribution in [3.63, 3.8) is 0 Å². The normalized spacial score (nSPS) is 18.7. The largest absolute Gasteiger partial charge is 0.465 e. The van der Waals surface area contributed by atoms with Gasteiger partial charge in [-0.15, -0.1) is 0 Å². The van der Waals surface area contributed by atoms with Crippen LogP contribution in [-0.4, -0.2) is 49.7 Å². The minimum Gasteiger partial charge on any atom is -0.465 e. The molecule has 0 aromatic heterocycles. The van der Waals surface area contributed by atoms with Gasteiger partial charge in [0.1, 0.15) is 5.54 Å². The van der Waals surface area contributed by atoms with Crippen molar-refractivity contribution in [2.24, 2.45) is 5.92 Å². The third-order valence-corrected chi connectivity index (χ3v) is 3.82. The minimum absolute atomic E-state index is 0.0791. The zero-order chi connectivity index (χ0) is 13.6. The number of esters is 1. The highest BCUT2D eigenvalue weighted by Gasteiger charge is 2.51. The van der Waals surface area contributed by atoms with Crippen LogP contribution < -0.4 is 5.32 Å². The summed E-state index contributed by atoms with van der Waals surface area (Å²) < 4.78 is 5.30. The fourth-order valence-corrected chi connectivity index (χ4v) is 2.60. The molecule has 1 rings (SSSR count). The zero-order valence-corrected chi connectivity index (χ0v) is 12.3. The second-order valence-corrected chi connectivity index (χ2v) is 5.08. The fraction of sp³-hybridized carbons (Fsp3) is 0.929. The number of hydrogen-bond donors (Lipinski definition) is 1. The van der Waals surface area contributed by atoms with E-state index in [1.807, 2.05) is 14.0 Å². The highest BCUT2D eigenvalue weighted by atomic mass is 16.5. The topological polar surface area (TPSA) is 41.6 Å². The van der Waals surface area contributed by atoms with E-state index in [4.69, 9.17) is 4.74 Å². The quantitative estimate of drug-likeness (QED) is 0.637. The molecule has 0 bridgehead atoms. The van der Waals surface area contributed by atoms with E-state index < -0.39 is 5.54 Å². The van der Waals surface area contributed by atoms with Gasteiger partial charge in [0.25, 0.3) is 0 Å². The van der Waals surface area contributed by atoms with Crippen LogP contribution in [0, 0.1) is 5.92 Å². The molecule has 18 heavy (non-hydrogen) atoms. The molecule has 1 aliphatic rings. The van der Waals surface area contributed by atoms with E-state index in [9.17, 15) is 4.79 Å². The maximum atomic E-state index is 12.3. The molecule has 1 saturated carbocycles. The van der Waals surface area contributed by atoms with Crippen molar-refractivity contribution < 1.29 is 9.53 Å². The number of hydrogen-bond acceptors (Lipinski definition) is 4. The highest BCUT2D eigenvalue weighted by Crippen LogP contribution is 2.40. The molecule has 1 atom stereocenters. The van der Waals surface area contributed by atoms with Crippen LogP contribution in [0.3, 0.4) is 0 Å². The van der Waals surface area contributed by atoms with Crippen molar-refractivity contribution in [3.8, 4) is 0 Å². The van der Waals surface area contributed by atoms with Crippen molar-refractivity contribution >= 4 is 5.97 Å². The van der Waals surface area contributed by atoms with Crippen LogP contribution in [0.15, 0.2) is 0 Å². The summed E-state index contributed by atoms with van der Waals surface area (Å²) in [5, 5.41) is 3.27. The number of carbonyl (C=O) groups excluding carboxylic acids is 1. The van der Waals surface area contributed by atoms with E-state index in [0.717, 1.165) is 38.9 Å². The fourth-order valence-electron chi connectivity index (χ4n) is 2.60. The second-order valence-electron chi connectivity index (χ2n) is 5.08. The van der Waals surface area contributed by atoms with Gasteiger partial charge in [-0.1, -0.05) is 13.8 Å². The molecule has 0 radical (unpaired) electrons. The smallest absolute Gasteiger partial charge is 0.327 e. The van der Waals surface area contributed by atoms with Crippen molar-refractivity contribution in [1.29, 1.82) is 0 Å². The Labute approximate surface area is 111 Å². The number of carbonyl (C=O) groups is 1. The van der Waals surface area contributed by atoms with Gasteiger partial charge in [0, 0.05) is 6.54 Å². The van der Waals surface area contributed by atoms with Crippen molar-refractivity contribution in [3.05, 3.63) is 0 Å². The van der Waals surface area contributed by atoms with Gasteiger partial charge in [-0.2, -0.15) is 0 Å². The van der Waals surface area contributed by atoms with Crippen LogP contribution in [0.4, 0.5) is 0 Å². The summed E-state index contributed by atoms with van der Waals surface area (Å²) in [5.74, 6) is 0.358. The third kappa shape index (κ3) is 3.45. The Morgan fingerprint density at radius 2 is 2.06 bits per heavy atom. The molecule has 0 heterocycles. The second kappa shape index (κ2) is 7.10. The lowest BCUT2D eigenvalue weighted by atomic mass is 9.92. The lowest BCUT2D eigenvalue weighted by Crippen LogP contribution is -2.60. The first-order valence-corrected chi connectivity index (χ1v) is 7.23. The molecule has 4 nitrogen and oxygen atoms in total. The standard InChI is InChI=1S/C14H28N2O2/c1-5-10-16(6-2)11-14(15-4,12-8-9-12)13(17)18-7-3/h12,15H,5-11H2,1-4H3. The highest BCUT2D eigenvalue weighted by molar-refractivity contribution is 5.82. The van der Waals surface area contributed by atoms with Gasteiger partial charge >= 0.3 is 5.97 Å². The molecule has 0 amide bonds. The molecule has 106 valence electrons. The molecule has 0 aromatic rings. The van der Waals surface area contributed by atoms with Gasteiger partial charge < -0.3 is 15.0 Å². The lowest BCUT2D eigenvalue weighted by molar-refractivity contribution is -0.153. The summed E-state index contributed by atoms with van der Waals surface area (Å²) in [7, 11) is 1.88. The predicted octanol–water partition coefficient (Wildman–Crippen LogP) is 1.65. The molecule has 1 fully saturated rings. The third-order valence-electron chi connectivity index (χ3n) is 3.82. The summed E-state index contributed by atoms with van der Waals surface area (Å²) in [6.45, 7) is 9.41. The van der Waals surface area contributed by atoms with Gasteiger partial charge in [-0.25, -0.2) is 4.79 Å². The van der Waals surface area contributed by atoms with Crippen LogP contribution in [0.5, 0.6) is 0 Å². The summed E-state index contributed by atoms with van der Waals surface area (Å²) >= 11 is 0. The van der Waals surface area contributed by atoms with E-state index in [1.165, 1.54) is 0 Å². The molecule has 1 aliphatic carbocycles. The maximum Gasteiger partial charge on any atom is 0.327 e. The van der Waals surface area contributed by atoms with Gasteiger partial charge in [0.2, 0.25) is 0 Å². The van der Waals surface area contributed by atoms with E-state index in [2.05, 4.69) is 24.1 Å². The maximum absolute atomic E-state index is 12.3. The SMILES string of the molecule is CCCN(CC)CC(NC)(C(=O)OCC)C1CC1. The Hall–Kier alpha value is -0.610. The summed E-state index contributed by atoms with van der Waals surface area (Å²) in [6.07, 6.45) is 3.37. The molecule has 4 heteroatoms. The van der Waals surface area contributed by atoms with Gasteiger partial charge in [0.15, 0.2) is 0 Å². The number of nitrogens with zero attached hydrogens (tertiary/aromatic N) is 1. The minimum atomic E-state index is -0.499. The van der Waals surface area contributed by atoms with E-state index in [-0.39, 0.29) is 5.97 Å². The average molecular weight is 256 g/mol. The number of likely N-dealkylation sites (N-methyl/N-ethyl adjacent to an activating group) is 2. The number of nitrogens with one attached hydrogen (secondary N) is 1. The van der Waals surface area contributed by atoms with E-state index in [0.29, 0.717) is 12.5 Å². The molecule has 0 aromatic carbocycles. The van der Waals surface area contributed by atoms with Gasteiger partial charge in [-0.05, 0) is 52.2 Å².